The number of aliphatic hydroxyl groups is 1. The van der Waals surface area contributed by atoms with Gasteiger partial charge in [0.2, 0.25) is 0 Å². The molecule has 192 valence electrons. The predicted molar refractivity (Wildman–Crippen MR) is 132 cm³/mol. The second-order valence-electron chi connectivity index (χ2n) is 13.3. The number of carbonyl (C=O) groups excluding carboxylic acids is 2. The van der Waals surface area contributed by atoms with Crippen molar-refractivity contribution in [2.45, 2.75) is 117 Å². The van der Waals surface area contributed by atoms with E-state index in [-0.39, 0.29) is 34.9 Å². The Hall–Kier alpha value is -0.940. The van der Waals surface area contributed by atoms with Crippen LogP contribution < -0.4 is 0 Å². The van der Waals surface area contributed by atoms with Crippen LogP contribution in [0, 0.1) is 40.4 Å². The molecule has 4 aliphatic carbocycles. The number of piperidine rings is 1. The highest BCUT2D eigenvalue weighted by Gasteiger charge is 2.64. The molecule has 34 heavy (non-hydrogen) atoms. The maximum atomic E-state index is 13.4. The third kappa shape index (κ3) is 4.07. The third-order valence-electron chi connectivity index (χ3n) is 11.6. The summed E-state index contributed by atoms with van der Waals surface area (Å²) < 4.78 is 6.50. The first-order chi connectivity index (χ1) is 16.1. The Morgan fingerprint density at radius 1 is 1.03 bits per heavy atom. The predicted octanol–water partition coefficient (Wildman–Crippen LogP) is 4.99. The molecule has 4 unspecified atom stereocenters. The van der Waals surface area contributed by atoms with Gasteiger partial charge in [-0.3, -0.25) is 14.5 Å². The van der Waals surface area contributed by atoms with Crippen LogP contribution in [-0.2, 0) is 14.3 Å². The molecule has 0 aromatic carbocycles. The smallest absolute Gasteiger partial charge is 0.320 e. The van der Waals surface area contributed by atoms with E-state index in [2.05, 4.69) is 25.7 Å². The van der Waals surface area contributed by atoms with E-state index >= 15 is 0 Å². The van der Waals surface area contributed by atoms with Gasteiger partial charge in [-0.05, 0) is 113 Å². The summed E-state index contributed by atoms with van der Waals surface area (Å²) >= 11 is 0. The number of hydrogen-bond donors (Lipinski definition) is 1. The highest BCUT2D eigenvalue weighted by Crippen LogP contribution is 2.68. The summed E-state index contributed by atoms with van der Waals surface area (Å²) in [5, 5.41) is 10.4. The largest absolute Gasteiger partial charge is 0.461 e. The van der Waals surface area contributed by atoms with Crippen molar-refractivity contribution in [1.82, 2.24) is 4.90 Å². The van der Waals surface area contributed by atoms with E-state index in [0.29, 0.717) is 42.0 Å². The minimum atomic E-state index is -0.182. The molecule has 5 nitrogen and oxygen atoms in total. The second-order valence-corrected chi connectivity index (χ2v) is 13.3. The number of fused-ring (bicyclic) bond motifs is 5. The van der Waals surface area contributed by atoms with Gasteiger partial charge in [0.25, 0.3) is 0 Å². The zero-order chi connectivity index (χ0) is 24.3. The summed E-state index contributed by atoms with van der Waals surface area (Å²) in [6, 6.07) is 0.440. The average Bonchev–Trinajstić information content (AvgIpc) is 3.12. The van der Waals surface area contributed by atoms with Gasteiger partial charge in [-0.25, -0.2) is 0 Å². The molecule has 5 aliphatic rings. The molecule has 0 radical (unpaired) electrons. The molecule has 0 aromatic rings. The highest BCUT2D eigenvalue weighted by molar-refractivity contribution is 5.79. The van der Waals surface area contributed by atoms with Crippen molar-refractivity contribution in [2.75, 3.05) is 13.1 Å². The van der Waals surface area contributed by atoms with Crippen LogP contribution in [-0.4, -0.2) is 53.1 Å². The minimum Gasteiger partial charge on any atom is -0.461 e. The van der Waals surface area contributed by atoms with Crippen molar-refractivity contribution in [3.05, 3.63) is 0 Å². The normalized spacial score (nSPS) is 49.0. The summed E-state index contributed by atoms with van der Waals surface area (Å²) in [5.41, 5.74) is 0.0505. The topological polar surface area (TPSA) is 66.8 Å². The Balaban J connectivity index is 1.43. The Morgan fingerprint density at radius 2 is 1.82 bits per heavy atom. The fraction of sp³-hybridized carbons (Fsp3) is 0.931. The van der Waals surface area contributed by atoms with Crippen LogP contribution in [0.5, 0.6) is 0 Å². The van der Waals surface area contributed by atoms with Crippen LogP contribution in [0.4, 0.5) is 0 Å². The van der Waals surface area contributed by atoms with E-state index < -0.39 is 0 Å². The molecule has 0 aromatic heterocycles. The van der Waals surface area contributed by atoms with Gasteiger partial charge in [0.15, 0.2) is 0 Å². The molecular formula is C29H47NO4. The van der Waals surface area contributed by atoms with E-state index in [1.807, 2.05) is 0 Å². The Bertz CT molecular complexity index is 799. The van der Waals surface area contributed by atoms with Crippen molar-refractivity contribution >= 4 is 11.8 Å². The molecule has 0 bridgehead atoms. The lowest BCUT2D eigenvalue weighted by atomic mass is 9.43. The second kappa shape index (κ2) is 9.18. The number of carbonyl (C=O) groups is 2. The highest BCUT2D eigenvalue weighted by atomic mass is 16.5. The molecule has 1 N–H and O–H groups in total. The molecule has 4 saturated carbocycles. The molecule has 5 rings (SSSR count). The fourth-order valence-corrected chi connectivity index (χ4v) is 9.87. The van der Waals surface area contributed by atoms with Gasteiger partial charge in [-0.2, -0.15) is 0 Å². The zero-order valence-corrected chi connectivity index (χ0v) is 21.9. The maximum absolute atomic E-state index is 13.4. The minimum absolute atomic E-state index is 0.0618. The van der Waals surface area contributed by atoms with Crippen LogP contribution >= 0.6 is 0 Å². The zero-order valence-electron chi connectivity index (χ0n) is 21.9. The quantitative estimate of drug-likeness (QED) is 0.583. The number of hydrogen-bond acceptors (Lipinski definition) is 5. The number of aliphatic hydroxyl groups excluding tert-OH is 1. The molecule has 0 amide bonds. The van der Waals surface area contributed by atoms with Crippen LogP contribution in [0.15, 0.2) is 0 Å². The van der Waals surface area contributed by atoms with Gasteiger partial charge in [0.05, 0.1) is 12.6 Å². The Morgan fingerprint density at radius 3 is 2.56 bits per heavy atom. The Kier molecular flexibility index (Phi) is 6.68. The van der Waals surface area contributed by atoms with Gasteiger partial charge < -0.3 is 9.84 Å². The van der Waals surface area contributed by atoms with E-state index in [4.69, 9.17) is 4.74 Å². The maximum Gasteiger partial charge on any atom is 0.320 e. The van der Waals surface area contributed by atoms with Crippen molar-refractivity contribution in [3.63, 3.8) is 0 Å². The summed E-state index contributed by atoms with van der Waals surface area (Å²) in [5.74, 6) is 2.27. The van der Waals surface area contributed by atoms with Crippen molar-refractivity contribution in [1.29, 1.82) is 0 Å². The standard InChI is InChI=1S/C29H47NO4/c1-18-7-5-6-14-30(18)17-26(33)34-25-16-29(4)23(19(2)31)10-11-24(29)22-9-8-20-15-21(32)12-13-28(20,3)27(22)25/h18,20-25,27,32H,5-17H2,1-4H3/t18?,20?,21?,22-,23+,24-,25?,27+,28-,29+/m0/s1. The van der Waals surface area contributed by atoms with Crippen molar-refractivity contribution in [2.24, 2.45) is 40.4 Å². The van der Waals surface area contributed by atoms with E-state index in [1.54, 1.807) is 6.92 Å². The molecule has 10 atom stereocenters. The molecule has 1 saturated heterocycles. The molecule has 5 heteroatoms. The lowest BCUT2D eigenvalue weighted by Gasteiger charge is -2.62. The first-order valence-electron chi connectivity index (χ1n) is 14.3. The number of rotatable bonds is 4. The fourth-order valence-electron chi connectivity index (χ4n) is 9.87. The first-order valence-corrected chi connectivity index (χ1v) is 14.3. The first kappa shape index (κ1) is 24.7. The lowest BCUT2D eigenvalue weighted by molar-refractivity contribution is -0.199. The molecule has 1 heterocycles. The average molecular weight is 474 g/mol. The SMILES string of the molecule is CC(=O)[C@H]1CC[C@H]2[C@@H]3CCC4CC(O)CC[C@]4(C)[C@H]3C(OC(=O)CN3CCCCC3C)C[C@]12C. The van der Waals surface area contributed by atoms with Crippen LogP contribution in [0.3, 0.4) is 0 Å². The van der Waals surface area contributed by atoms with E-state index in [1.165, 1.54) is 6.42 Å². The van der Waals surface area contributed by atoms with Crippen LogP contribution in [0.25, 0.3) is 0 Å². The van der Waals surface area contributed by atoms with Gasteiger partial charge in [0, 0.05) is 17.9 Å². The summed E-state index contributed by atoms with van der Waals surface area (Å²) in [6.07, 6.45) is 11.3. The van der Waals surface area contributed by atoms with E-state index in [9.17, 15) is 14.7 Å². The van der Waals surface area contributed by atoms with Crippen LogP contribution in [0.2, 0.25) is 0 Å². The molecule has 5 fully saturated rings. The van der Waals surface area contributed by atoms with Crippen molar-refractivity contribution in [3.8, 4) is 0 Å². The van der Waals surface area contributed by atoms with Crippen LogP contribution in [0.1, 0.15) is 98.3 Å². The molecular weight excluding hydrogens is 426 g/mol. The third-order valence-corrected chi connectivity index (χ3v) is 11.6. The number of ether oxygens (including phenoxy) is 1. The Labute approximate surface area is 206 Å². The van der Waals surface area contributed by atoms with E-state index in [0.717, 1.165) is 70.8 Å². The number of esters is 1. The molecule has 1 aliphatic heterocycles. The number of nitrogens with zero attached hydrogens (tertiary/aromatic N) is 1. The number of likely N-dealkylation sites (tertiary alicyclic amines) is 1. The summed E-state index contributed by atoms with van der Waals surface area (Å²) in [4.78, 5) is 28.3. The molecule has 0 spiro atoms. The lowest BCUT2D eigenvalue weighted by Crippen LogP contribution is -2.60. The monoisotopic (exact) mass is 473 g/mol. The van der Waals surface area contributed by atoms with Gasteiger partial charge >= 0.3 is 5.97 Å². The van der Waals surface area contributed by atoms with Gasteiger partial charge in [-0.15, -0.1) is 0 Å². The van der Waals surface area contributed by atoms with Gasteiger partial charge in [0.1, 0.15) is 11.9 Å². The number of ketones is 1. The summed E-state index contributed by atoms with van der Waals surface area (Å²) in [6.45, 7) is 10.1. The van der Waals surface area contributed by atoms with Gasteiger partial charge in [-0.1, -0.05) is 20.3 Å². The number of Topliss-reactive ketones (excluding diaryl/α,β-unsaturated/α-hetero) is 1. The van der Waals surface area contributed by atoms with Crippen molar-refractivity contribution < 1.29 is 19.4 Å². The summed E-state index contributed by atoms with van der Waals surface area (Å²) in [7, 11) is 0.